The molecule has 16 heavy (non-hydrogen) atoms. The molecule has 5 heteroatoms. The molecule has 2 atom stereocenters. The third-order valence-electron chi connectivity index (χ3n) is 2.42. The zero-order valence-corrected chi connectivity index (χ0v) is 11.1. The van der Waals surface area contributed by atoms with E-state index in [0.717, 1.165) is 6.42 Å². The van der Waals surface area contributed by atoms with Crippen LogP contribution in [0.3, 0.4) is 0 Å². The minimum atomic E-state index is -0.963. The van der Waals surface area contributed by atoms with Gasteiger partial charge in [0.25, 0.3) is 0 Å². The molecule has 1 aromatic rings. The Morgan fingerprint density at radius 3 is 2.88 bits per heavy atom. The molecule has 0 aromatic carbocycles. The minimum Gasteiger partial charge on any atom is -0.477 e. The lowest BCUT2D eigenvalue weighted by Crippen LogP contribution is -2.10. The van der Waals surface area contributed by atoms with Gasteiger partial charge in [-0.3, -0.25) is 4.21 Å². The quantitative estimate of drug-likeness (QED) is 0.855. The minimum absolute atomic E-state index is 0.317. The van der Waals surface area contributed by atoms with Gasteiger partial charge in [0.05, 0.1) is 5.75 Å². The molecule has 0 fully saturated rings. The van der Waals surface area contributed by atoms with Gasteiger partial charge >= 0.3 is 5.97 Å². The van der Waals surface area contributed by atoms with Crippen molar-refractivity contribution in [1.29, 1.82) is 0 Å². The lowest BCUT2D eigenvalue weighted by molar-refractivity contribution is 0.0701. The summed E-state index contributed by atoms with van der Waals surface area (Å²) >= 11 is 1.19. The average molecular weight is 260 g/mol. The van der Waals surface area contributed by atoms with Gasteiger partial charge in [-0.25, -0.2) is 4.79 Å². The molecule has 90 valence electrons. The molecule has 1 rings (SSSR count). The fraction of sp³-hybridized carbons (Fsp3) is 0.545. The van der Waals surface area contributed by atoms with Crippen molar-refractivity contribution in [3.8, 4) is 0 Å². The van der Waals surface area contributed by atoms with E-state index in [-0.39, 0.29) is 0 Å². The average Bonchev–Trinajstić information content (AvgIpc) is 2.65. The smallest absolute Gasteiger partial charge is 0.346 e. The highest BCUT2D eigenvalue weighted by atomic mass is 32.2. The van der Waals surface area contributed by atoms with Crippen molar-refractivity contribution in [1.82, 2.24) is 0 Å². The number of thiophene rings is 1. The van der Waals surface area contributed by atoms with Gasteiger partial charge in [0.15, 0.2) is 0 Å². The summed E-state index contributed by atoms with van der Waals surface area (Å²) in [6.45, 7) is 4.12. The van der Waals surface area contributed by atoms with Crippen LogP contribution in [0, 0.1) is 5.92 Å². The zero-order chi connectivity index (χ0) is 12.1. The van der Waals surface area contributed by atoms with Crippen LogP contribution in [-0.4, -0.2) is 21.0 Å². The summed E-state index contributed by atoms with van der Waals surface area (Å²) in [5, 5.41) is 10.6. The van der Waals surface area contributed by atoms with Crippen LogP contribution < -0.4 is 0 Å². The van der Waals surface area contributed by atoms with Crippen LogP contribution in [0.5, 0.6) is 0 Å². The molecule has 3 nitrogen and oxygen atoms in total. The molecule has 0 saturated carbocycles. The number of aromatic carboxylic acids is 1. The highest BCUT2D eigenvalue weighted by molar-refractivity contribution is 7.84. The third kappa shape index (κ3) is 3.72. The van der Waals surface area contributed by atoms with E-state index in [9.17, 15) is 9.00 Å². The molecular weight excluding hydrogens is 244 g/mol. The monoisotopic (exact) mass is 260 g/mol. The Morgan fingerprint density at radius 1 is 1.62 bits per heavy atom. The predicted octanol–water partition coefficient (Wildman–Crippen LogP) is 2.74. The van der Waals surface area contributed by atoms with Gasteiger partial charge in [-0.05, 0) is 22.9 Å². The molecule has 0 aliphatic heterocycles. The van der Waals surface area contributed by atoms with E-state index in [2.05, 4.69) is 13.8 Å². The summed E-state index contributed by atoms with van der Waals surface area (Å²) in [6, 6.07) is 1.75. The molecule has 1 heterocycles. The number of carbonyl (C=O) groups is 1. The number of hydrogen-bond acceptors (Lipinski definition) is 3. The van der Waals surface area contributed by atoms with E-state index in [4.69, 9.17) is 5.11 Å². The highest BCUT2D eigenvalue weighted by Gasteiger charge is 2.14. The number of carboxylic acid groups (broad SMARTS) is 1. The molecule has 0 radical (unpaired) electrons. The van der Waals surface area contributed by atoms with E-state index in [1.54, 1.807) is 11.4 Å². The molecule has 0 aliphatic rings. The first kappa shape index (κ1) is 13.4. The zero-order valence-electron chi connectivity index (χ0n) is 9.43. The second-order valence-electron chi connectivity index (χ2n) is 3.84. The summed E-state index contributed by atoms with van der Waals surface area (Å²) in [5.74, 6) is 0.499. The molecule has 0 spiro atoms. The van der Waals surface area contributed by atoms with E-state index < -0.39 is 16.8 Å². The van der Waals surface area contributed by atoms with E-state index in [1.807, 2.05) is 0 Å². The van der Waals surface area contributed by atoms with Gasteiger partial charge in [0.1, 0.15) is 4.88 Å². The van der Waals surface area contributed by atoms with Crippen molar-refractivity contribution >= 4 is 28.1 Å². The fourth-order valence-electron chi connectivity index (χ4n) is 1.30. The number of rotatable bonds is 6. The van der Waals surface area contributed by atoms with Crippen LogP contribution in [0.2, 0.25) is 0 Å². The van der Waals surface area contributed by atoms with Gasteiger partial charge in [-0.1, -0.05) is 20.3 Å². The van der Waals surface area contributed by atoms with Gasteiger partial charge in [-0.2, -0.15) is 0 Å². The summed E-state index contributed by atoms with van der Waals surface area (Å²) in [5.41, 5.74) is 0.694. The van der Waals surface area contributed by atoms with Gasteiger partial charge in [0.2, 0.25) is 0 Å². The lowest BCUT2D eigenvalue weighted by Gasteiger charge is -2.07. The van der Waals surface area contributed by atoms with Crippen molar-refractivity contribution in [2.45, 2.75) is 26.0 Å². The molecule has 0 bridgehead atoms. The summed E-state index contributed by atoms with van der Waals surface area (Å²) in [7, 11) is -0.963. The van der Waals surface area contributed by atoms with E-state index >= 15 is 0 Å². The molecule has 0 amide bonds. The molecule has 0 saturated heterocycles. The predicted molar refractivity (Wildman–Crippen MR) is 67.4 cm³/mol. The van der Waals surface area contributed by atoms with Crippen molar-refractivity contribution in [3.05, 3.63) is 21.9 Å². The lowest BCUT2D eigenvalue weighted by atomic mass is 10.2. The van der Waals surface area contributed by atoms with Crippen molar-refractivity contribution in [2.75, 3.05) is 5.75 Å². The highest BCUT2D eigenvalue weighted by Crippen LogP contribution is 2.19. The van der Waals surface area contributed by atoms with Gasteiger partial charge in [0, 0.05) is 16.6 Å². The van der Waals surface area contributed by atoms with E-state index in [1.165, 1.54) is 11.3 Å². The molecule has 0 aliphatic carbocycles. The van der Waals surface area contributed by atoms with Crippen LogP contribution in [0.1, 0.15) is 35.5 Å². The molecule has 1 aromatic heterocycles. The topological polar surface area (TPSA) is 54.4 Å². The largest absolute Gasteiger partial charge is 0.477 e. The molecule has 1 N–H and O–H groups in total. The van der Waals surface area contributed by atoms with E-state index in [0.29, 0.717) is 27.9 Å². The Morgan fingerprint density at radius 2 is 2.31 bits per heavy atom. The number of carboxylic acids is 1. The maximum atomic E-state index is 11.8. The Labute approximate surface area is 102 Å². The van der Waals surface area contributed by atoms with Crippen LogP contribution in [0.15, 0.2) is 11.4 Å². The Bertz CT molecular complexity index is 384. The summed E-state index contributed by atoms with van der Waals surface area (Å²) in [4.78, 5) is 11.2. The molecule has 2 unspecified atom stereocenters. The Kier molecular flexibility index (Phi) is 5.15. The maximum Gasteiger partial charge on any atom is 0.346 e. The normalized spacial score (nSPS) is 14.6. The SMILES string of the molecule is CCC(C)CS(=O)Cc1ccsc1C(=O)O. The number of hydrogen-bond donors (Lipinski definition) is 1. The van der Waals surface area contributed by atoms with Crippen LogP contribution in [0.4, 0.5) is 0 Å². The standard InChI is InChI=1S/C11H16O3S2/c1-3-8(2)6-16(14)7-9-4-5-15-10(9)11(12)13/h4-5,8H,3,6-7H2,1-2H3,(H,12,13). The Hall–Kier alpha value is -0.680. The van der Waals surface area contributed by atoms with Crippen molar-refractivity contribution < 1.29 is 14.1 Å². The molecular formula is C11H16O3S2. The van der Waals surface area contributed by atoms with Crippen LogP contribution in [0.25, 0.3) is 0 Å². The van der Waals surface area contributed by atoms with Gasteiger partial charge in [-0.15, -0.1) is 11.3 Å². The maximum absolute atomic E-state index is 11.8. The van der Waals surface area contributed by atoms with Crippen LogP contribution >= 0.6 is 11.3 Å². The van der Waals surface area contributed by atoms with Gasteiger partial charge < -0.3 is 5.11 Å². The third-order valence-corrected chi connectivity index (χ3v) is 4.94. The second-order valence-corrected chi connectivity index (χ2v) is 6.26. The summed E-state index contributed by atoms with van der Waals surface area (Å²) < 4.78 is 11.8. The van der Waals surface area contributed by atoms with Crippen molar-refractivity contribution in [3.63, 3.8) is 0 Å². The first-order chi connectivity index (χ1) is 7.54. The Balaban J connectivity index is 2.63. The first-order valence-corrected chi connectivity index (χ1v) is 7.56. The van der Waals surface area contributed by atoms with Crippen molar-refractivity contribution in [2.24, 2.45) is 5.92 Å². The first-order valence-electron chi connectivity index (χ1n) is 5.19. The fourth-order valence-corrected chi connectivity index (χ4v) is 3.73. The second kappa shape index (κ2) is 6.15. The summed E-state index contributed by atoms with van der Waals surface area (Å²) in [6.07, 6.45) is 1.00. The van der Waals surface area contributed by atoms with Crippen LogP contribution in [-0.2, 0) is 16.6 Å².